The second-order valence-electron chi connectivity index (χ2n) is 4.26. The highest BCUT2D eigenvalue weighted by atomic mass is 79.9. The summed E-state index contributed by atoms with van der Waals surface area (Å²) in [4.78, 5) is 0. The SMILES string of the molecule is C[C@]1(O)CCCC[C@@H]1n1cc(Br)cn1. The number of aliphatic hydroxyl groups is 1. The second kappa shape index (κ2) is 3.66. The molecule has 0 radical (unpaired) electrons. The van der Waals surface area contributed by atoms with Gasteiger partial charge in [-0.1, -0.05) is 12.8 Å². The zero-order chi connectivity index (χ0) is 10.2. The molecule has 1 aliphatic carbocycles. The van der Waals surface area contributed by atoms with Crippen LogP contribution in [0.1, 0.15) is 38.6 Å². The smallest absolute Gasteiger partial charge is 0.0842 e. The standard InChI is InChI=1S/C10H15BrN2O/c1-10(14)5-3-2-4-9(10)13-7-8(11)6-12-13/h6-7,9,14H,2-5H2,1H3/t9-,10-/m0/s1. The van der Waals surface area contributed by atoms with Crippen molar-refractivity contribution in [3.63, 3.8) is 0 Å². The van der Waals surface area contributed by atoms with Gasteiger partial charge in [0.1, 0.15) is 0 Å². The molecule has 0 aromatic carbocycles. The zero-order valence-electron chi connectivity index (χ0n) is 8.28. The highest BCUT2D eigenvalue weighted by Crippen LogP contribution is 2.36. The van der Waals surface area contributed by atoms with E-state index in [1.54, 1.807) is 6.20 Å². The fourth-order valence-corrected chi connectivity index (χ4v) is 2.50. The minimum atomic E-state index is -0.607. The van der Waals surface area contributed by atoms with Crippen LogP contribution >= 0.6 is 15.9 Å². The number of rotatable bonds is 1. The van der Waals surface area contributed by atoms with E-state index in [-0.39, 0.29) is 6.04 Å². The molecule has 1 aromatic rings. The lowest BCUT2D eigenvalue weighted by Crippen LogP contribution is -2.39. The molecule has 2 rings (SSSR count). The van der Waals surface area contributed by atoms with Gasteiger partial charge in [-0.05, 0) is 35.7 Å². The second-order valence-corrected chi connectivity index (χ2v) is 5.17. The molecule has 0 aliphatic heterocycles. The van der Waals surface area contributed by atoms with Gasteiger partial charge in [-0.25, -0.2) is 0 Å². The van der Waals surface area contributed by atoms with Crippen molar-refractivity contribution in [3.8, 4) is 0 Å². The number of halogens is 1. The Labute approximate surface area is 92.2 Å². The molecule has 4 heteroatoms. The predicted octanol–water partition coefficient (Wildman–Crippen LogP) is 2.51. The topological polar surface area (TPSA) is 38.0 Å². The third-order valence-corrected chi connectivity index (χ3v) is 3.43. The van der Waals surface area contributed by atoms with Crippen LogP contribution in [-0.2, 0) is 0 Å². The summed E-state index contributed by atoms with van der Waals surface area (Å²) in [6, 6.07) is 0.127. The van der Waals surface area contributed by atoms with E-state index in [0.717, 1.165) is 23.7 Å². The molecule has 0 unspecified atom stereocenters. The lowest BCUT2D eigenvalue weighted by atomic mass is 9.82. The minimum Gasteiger partial charge on any atom is -0.388 e. The van der Waals surface area contributed by atoms with E-state index in [1.165, 1.54) is 6.42 Å². The highest BCUT2D eigenvalue weighted by molar-refractivity contribution is 9.10. The third kappa shape index (κ3) is 1.86. The summed E-state index contributed by atoms with van der Waals surface area (Å²) in [5, 5.41) is 14.5. The summed E-state index contributed by atoms with van der Waals surface area (Å²) >= 11 is 3.37. The molecule has 2 atom stereocenters. The summed E-state index contributed by atoms with van der Waals surface area (Å²) in [6.45, 7) is 1.91. The maximum absolute atomic E-state index is 10.2. The van der Waals surface area contributed by atoms with Crippen molar-refractivity contribution >= 4 is 15.9 Å². The number of hydrogen-bond donors (Lipinski definition) is 1. The van der Waals surface area contributed by atoms with Crippen LogP contribution in [0, 0.1) is 0 Å². The van der Waals surface area contributed by atoms with Crippen LogP contribution < -0.4 is 0 Å². The molecule has 1 aromatic heterocycles. The van der Waals surface area contributed by atoms with Gasteiger partial charge in [0.25, 0.3) is 0 Å². The van der Waals surface area contributed by atoms with Gasteiger partial charge in [-0.15, -0.1) is 0 Å². The number of nitrogens with zero attached hydrogens (tertiary/aromatic N) is 2. The van der Waals surface area contributed by atoms with Crippen molar-refractivity contribution in [2.45, 2.75) is 44.2 Å². The van der Waals surface area contributed by atoms with Gasteiger partial charge < -0.3 is 5.11 Å². The summed E-state index contributed by atoms with van der Waals surface area (Å²) in [5.74, 6) is 0. The molecule has 14 heavy (non-hydrogen) atoms. The molecule has 1 fully saturated rings. The Balaban J connectivity index is 2.23. The van der Waals surface area contributed by atoms with Crippen LogP contribution in [0.3, 0.4) is 0 Å². The largest absolute Gasteiger partial charge is 0.388 e. The van der Waals surface area contributed by atoms with Crippen molar-refractivity contribution in [1.29, 1.82) is 0 Å². The van der Waals surface area contributed by atoms with Crippen LogP contribution in [-0.4, -0.2) is 20.5 Å². The fourth-order valence-electron chi connectivity index (χ4n) is 2.20. The highest BCUT2D eigenvalue weighted by Gasteiger charge is 2.36. The van der Waals surface area contributed by atoms with Crippen molar-refractivity contribution in [3.05, 3.63) is 16.9 Å². The average Bonchev–Trinajstić information content (AvgIpc) is 2.51. The van der Waals surface area contributed by atoms with E-state index in [2.05, 4.69) is 21.0 Å². The Morgan fingerprint density at radius 3 is 3.00 bits per heavy atom. The van der Waals surface area contributed by atoms with Crippen LogP contribution in [0.5, 0.6) is 0 Å². The zero-order valence-corrected chi connectivity index (χ0v) is 9.87. The van der Waals surface area contributed by atoms with Gasteiger partial charge in [-0.3, -0.25) is 4.68 Å². The Hall–Kier alpha value is -0.350. The summed E-state index contributed by atoms with van der Waals surface area (Å²) in [7, 11) is 0. The summed E-state index contributed by atoms with van der Waals surface area (Å²) < 4.78 is 2.85. The molecule has 1 N–H and O–H groups in total. The molecule has 1 saturated carbocycles. The van der Waals surface area contributed by atoms with E-state index in [9.17, 15) is 5.11 Å². The maximum Gasteiger partial charge on any atom is 0.0842 e. The monoisotopic (exact) mass is 258 g/mol. The number of aromatic nitrogens is 2. The lowest BCUT2D eigenvalue weighted by Gasteiger charge is -2.37. The van der Waals surface area contributed by atoms with Gasteiger partial charge in [0.05, 0.1) is 22.3 Å². The van der Waals surface area contributed by atoms with E-state index in [0.29, 0.717) is 0 Å². The summed E-state index contributed by atoms with van der Waals surface area (Å²) in [5.41, 5.74) is -0.607. The van der Waals surface area contributed by atoms with Crippen molar-refractivity contribution in [2.75, 3.05) is 0 Å². The first kappa shape index (κ1) is 10.2. The Bertz CT molecular complexity index is 322. The normalized spacial score (nSPS) is 33.2. The van der Waals surface area contributed by atoms with Crippen LogP contribution in [0.4, 0.5) is 0 Å². The van der Waals surface area contributed by atoms with Crippen molar-refractivity contribution in [2.24, 2.45) is 0 Å². The molecule has 0 amide bonds. The average molecular weight is 259 g/mol. The van der Waals surface area contributed by atoms with Gasteiger partial charge in [0, 0.05) is 6.20 Å². The molecule has 0 spiro atoms. The molecular weight excluding hydrogens is 244 g/mol. The first-order valence-corrected chi connectivity index (χ1v) is 5.81. The van der Waals surface area contributed by atoms with Crippen LogP contribution in [0.2, 0.25) is 0 Å². The molecule has 78 valence electrons. The lowest BCUT2D eigenvalue weighted by molar-refractivity contribution is -0.0292. The molecule has 1 aliphatic rings. The molecule has 0 saturated heterocycles. The van der Waals surface area contributed by atoms with Crippen molar-refractivity contribution < 1.29 is 5.11 Å². The van der Waals surface area contributed by atoms with E-state index < -0.39 is 5.60 Å². The third-order valence-electron chi connectivity index (χ3n) is 3.02. The van der Waals surface area contributed by atoms with Gasteiger partial charge in [0.15, 0.2) is 0 Å². The Kier molecular flexibility index (Phi) is 2.66. The van der Waals surface area contributed by atoms with Gasteiger partial charge in [-0.2, -0.15) is 5.10 Å². The van der Waals surface area contributed by atoms with Crippen molar-refractivity contribution in [1.82, 2.24) is 9.78 Å². The van der Waals surface area contributed by atoms with Crippen LogP contribution in [0.25, 0.3) is 0 Å². The Morgan fingerprint density at radius 2 is 2.43 bits per heavy atom. The Morgan fingerprint density at radius 1 is 1.64 bits per heavy atom. The molecular formula is C10H15BrN2O. The van der Waals surface area contributed by atoms with E-state index in [1.807, 2.05) is 17.8 Å². The van der Waals surface area contributed by atoms with Gasteiger partial charge in [0.2, 0.25) is 0 Å². The fraction of sp³-hybridized carbons (Fsp3) is 0.700. The first-order valence-electron chi connectivity index (χ1n) is 5.02. The summed E-state index contributed by atoms with van der Waals surface area (Å²) in [6.07, 6.45) is 7.88. The quantitative estimate of drug-likeness (QED) is 0.841. The van der Waals surface area contributed by atoms with E-state index >= 15 is 0 Å². The minimum absolute atomic E-state index is 0.127. The molecule has 3 nitrogen and oxygen atoms in total. The maximum atomic E-state index is 10.2. The first-order chi connectivity index (χ1) is 6.59. The molecule has 1 heterocycles. The molecule has 0 bridgehead atoms. The van der Waals surface area contributed by atoms with Crippen LogP contribution in [0.15, 0.2) is 16.9 Å². The van der Waals surface area contributed by atoms with E-state index in [4.69, 9.17) is 0 Å². The number of hydrogen-bond acceptors (Lipinski definition) is 2. The predicted molar refractivity (Wildman–Crippen MR) is 58.1 cm³/mol. The van der Waals surface area contributed by atoms with Gasteiger partial charge >= 0.3 is 0 Å².